The van der Waals surface area contributed by atoms with E-state index in [2.05, 4.69) is 40.4 Å². The zero-order chi connectivity index (χ0) is 16.6. The van der Waals surface area contributed by atoms with E-state index in [1.54, 1.807) is 0 Å². The van der Waals surface area contributed by atoms with Gasteiger partial charge >= 0.3 is 0 Å². The van der Waals surface area contributed by atoms with Gasteiger partial charge < -0.3 is 4.74 Å². The molecule has 0 atom stereocenters. The normalized spacial score (nSPS) is 11.4. The molecule has 2 aromatic heterocycles. The summed E-state index contributed by atoms with van der Waals surface area (Å²) in [5.74, 6) is 0.581. The fourth-order valence-corrected chi connectivity index (χ4v) is 3.10. The maximum absolute atomic E-state index is 5.90. The Kier molecular flexibility index (Phi) is 3.13. The molecule has 0 saturated carbocycles. The standard InChI is InChI=1S/C21H15N3O/c1-2-6-17-11-15(9-10-16(17)5-1)14-25-21-12-20-22-13-18-7-3-4-8-19(18)24(20)23-21/h1-13H,14H2. The van der Waals surface area contributed by atoms with Gasteiger partial charge in [-0.05, 0) is 28.5 Å². The molecule has 0 unspecified atom stereocenters. The smallest absolute Gasteiger partial charge is 0.235 e. The van der Waals surface area contributed by atoms with Crippen LogP contribution >= 0.6 is 0 Å². The second-order valence-electron chi connectivity index (χ2n) is 6.04. The Morgan fingerprint density at radius 3 is 2.52 bits per heavy atom. The van der Waals surface area contributed by atoms with E-state index in [0.29, 0.717) is 12.5 Å². The van der Waals surface area contributed by atoms with E-state index in [1.165, 1.54) is 10.8 Å². The van der Waals surface area contributed by atoms with Gasteiger partial charge in [0.15, 0.2) is 5.65 Å². The summed E-state index contributed by atoms with van der Waals surface area (Å²) in [6, 6.07) is 24.6. The van der Waals surface area contributed by atoms with Crippen molar-refractivity contribution >= 4 is 27.3 Å². The van der Waals surface area contributed by atoms with Crippen molar-refractivity contribution in [1.82, 2.24) is 14.6 Å². The largest absolute Gasteiger partial charge is 0.472 e. The van der Waals surface area contributed by atoms with Crippen LogP contribution in [-0.2, 0) is 6.61 Å². The number of nitrogens with zero attached hydrogens (tertiary/aromatic N) is 3. The minimum absolute atomic E-state index is 0.479. The van der Waals surface area contributed by atoms with Crippen LogP contribution in [-0.4, -0.2) is 14.6 Å². The maximum Gasteiger partial charge on any atom is 0.235 e. The van der Waals surface area contributed by atoms with Gasteiger partial charge in [-0.15, -0.1) is 5.10 Å². The van der Waals surface area contributed by atoms with Crippen LogP contribution in [0.3, 0.4) is 0 Å². The number of benzene rings is 3. The molecule has 0 N–H and O–H groups in total. The third-order valence-corrected chi connectivity index (χ3v) is 4.37. The first-order chi connectivity index (χ1) is 12.4. The molecule has 4 nitrogen and oxygen atoms in total. The summed E-state index contributed by atoms with van der Waals surface area (Å²) in [4.78, 5) is 4.45. The van der Waals surface area contributed by atoms with Crippen molar-refractivity contribution < 1.29 is 4.74 Å². The number of aromatic nitrogens is 3. The lowest BCUT2D eigenvalue weighted by Gasteiger charge is -2.04. The summed E-state index contributed by atoms with van der Waals surface area (Å²) < 4.78 is 7.73. The van der Waals surface area contributed by atoms with Gasteiger partial charge in [0.2, 0.25) is 5.88 Å². The monoisotopic (exact) mass is 325 g/mol. The van der Waals surface area contributed by atoms with Gasteiger partial charge in [-0.1, -0.05) is 54.6 Å². The summed E-state index contributed by atoms with van der Waals surface area (Å²) >= 11 is 0. The number of fused-ring (bicyclic) bond motifs is 4. The molecule has 5 aromatic rings. The highest BCUT2D eigenvalue weighted by Gasteiger charge is 2.07. The molecule has 0 aliphatic rings. The molecule has 25 heavy (non-hydrogen) atoms. The van der Waals surface area contributed by atoms with Crippen LogP contribution in [0.4, 0.5) is 0 Å². The number of hydrogen-bond donors (Lipinski definition) is 0. The summed E-state index contributed by atoms with van der Waals surface area (Å²) in [6.45, 7) is 0.479. The molecule has 0 spiro atoms. The molecule has 0 aliphatic heterocycles. The molecule has 2 heterocycles. The summed E-state index contributed by atoms with van der Waals surface area (Å²) in [6.07, 6.45) is 1.86. The van der Waals surface area contributed by atoms with Crippen LogP contribution in [0.15, 0.2) is 79.0 Å². The van der Waals surface area contributed by atoms with E-state index >= 15 is 0 Å². The van der Waals surface area contributed by atoms with Gasteiger partial charge in [0.25, 0.3) is 0 Å². The summed E-state index contributed by atoms with van der Waals surface area (Å²) in [5, 5.41) is 8.05. The van der Waals surface area contributed by atoms with Gasteiger partial charge in [-0.2, -0.15) is 0 Å². The van der Waals surface area contributed by atoms with Crippen molar-refractivity contribution in [3.63, 3.8) is 0 Å². The average molecular weight is 325 g/mol. The van der Waals surface area contributed by atoms with Gasteiger partial charge in [-0.25, -0.2) is 9.50 Å². The molecule has 0 fully saturated rings. The lowest BCUT2D eigenvalue weighted by molar-refractivity contribution is 0.293. The Bertz CT molecular complexity index is 1210. The second-order valence-corrected chi connectivity index (χ2v) is 6.04. The fraction of sp³-hybridized carbons (Fsp3) is 0.0476. The molecular weight excluding hydrogens is 310 g/mol. The Morgan fingerprint density at radius 1 is 0.800 bits per heavy atom. The van der Waals surface area contributed by atoms with Crippen LogP contribution < -0.4 is 4.74 Å². The van der Waals surface area contributed by atoms with E-state index in [0.717, 1.165) is 22.1 Å². The zero-order valence-corrected chi connectivity index (χ0v) is 13.5. The van der Waals surface area contributed by atoms with E-state index in [-0.39, 0.29) is 0 Å². The van der Waals surface area contributed by atoms with Gasteiger partial charge in [0.05, 0.1) is 5.52 Å². The minimum atomic E-state index is 0.479. The Balaban J connectivity index is 1.46. The Hall–Kier alpha value is -3.40. The Labute approximate surface area is 144 Å². The van der Waals surface area contributed by atoms with Crippen molar-refractivity contribution in [2.45, 2.75) is 6.61 Å². The van der Waals surface area contributed by atoms with Crippen LogP contribution in [0.25, 0.3) is 27.3 Å². The average Bonchev–Trinajstić information content (AvgIpc) is 3.10. The van der Waals surface area contributed by atoms with E-state index in [1.807, 2.05) is 53.2 Å². The first-order valence-electron chi connectivity index (χ1n) is 8.21. The first kappa shape index (κ1) is 14.0. The lowest BCUT2D eigenvalue weighted by Crippen LogP contribution is -1.97. The molecule has 5 rings (SSSR count). The highest BCUT2D eigenvalue weighted by Crippen LogP contribution is 2.20. The second kappa shape index (κ2) is 5.60. The molecule has 0 radical (unpaired) electrons. The van der Waals surface area contributed by atoms with Crippen molar-refractivity contribution in [1.29, 1.82) is 0 Å². The molecule has 3 aromatic carbocycles. The number of ether oxygens (including phenoxy) is 1. The minimum Gasteiger partial charge on any atom is -0.472 e. The van der Waals surface area contributed by atoms with Crippen LogP contribution in [0, 0.1) is 0 Å². The van der Waals surface area contributed by atoms with Crippen molar-refractivity contribution in [2.75, 3.05) is 0 Å². The molecule has 120 valence electrons. The summed E-state index contributed by atoms with van der Waals surface area (Å²) in [7, 11) is 0. The third kappa shape index (κ3) is 2.48. The number of para-hydroxylation sites is 1. The molecule has 0 bridgehead atoms. The van der Waals surface area contributed by atoms with Crippen LogP contribution in [0.5, 0.6) is 5.88 Å². The molecule has 0 amide bonds. The van der Waals surface area contributed by atoms with E-state index in [9.17, 15) is 0 Å². The van der Waals surface area contributed by atoms with Gasteiger partial charge in [-0.3, -0.25) is 0 Å². The molecule has 4 heteroatoms. The van der Waals surface area contributed by atoms with Crippen molar-refractivity contribution in [3.05, 3.63) is 84.6 Å². The molecule has 0 aliphatic carbocycles. The van der Waals surface area contributed by atoms with E-state index in [4.69, 9.17) is 4.74 Å². The molecular formula is C21H15N3O. The van der Waals surface area contributed by atoms with Crippen LogP contribution in [0.2, 0.25) is 0 Å². The maximum atomic E-state index is 5.90. The SMILES string of the molecule is c1ccc2cc(COc3cc4ncc5ccccc5n4n3)ccc2c1. The quantitative estimate of drug-likeness (QED) is 0.486. The topological polar surface area (TPSA) is 39.4 Å². The highest BCUT2D eigenvalue weighted by molar-refractivity contribution is 5.83. The van der Waals surface area contributed by atoms with Crippen molar-refractivity contribution in [3.8, 4) is 5.88 Å². The summed E-state index contributed by atoms with van der Waals surface area (Å²) in [5.41, 5.74) is 2.92. The third-order valence-electron chi connectivity index (χ3n) is 4.37. The fourth-order valence-electron chi connectivity index (χ4n) is 3.10. The van der Waals surface area contributed by atoms with Crippen molar-refractivity contribution in [2.24, 2.45) is 0 Å². The molecule has 0 saturated heterocycles. The van der Waals surface area contributed by atoms with E-state index < -0.39 is 0 Å². The number of hydrogen-bond acceptors (Lipinski definition) is 3. The predicted molar refractivity (Wildman–Crippen MR) is 98.8 cm³/mol. The highest BCUT2D eigenvalue weighted by atomic mass is 16.5. The lowest BCUT2D eigenvalue weighted by atomic mass is 10.1. The first-order valence-corrected chi connectivity index (χ1v) is 8.21. The number of rotatable bonds is 3. The van der Waals surface area contributed by atoms with Crippen LogP contribution in [0.1, 0.15) is 5.56 Å². The Morgan fingerprint density at radius 2 is 1.60 bits per heavy atom. The predicted octanol–water partition coefficient (Wildman–Crippen LogP) is 4.61. The van der Waals surface area contributed by atoms with Gasteiger partial charge in [0.1, 0.15) is 6.61 Å². The van der Waals surface area contributed by atoms with Gasteiger partial charge in [0, 0.05) is 17.6 Å². The zero-order valence-electron chi connectivity index (χ0n) is 13.5.